The van der Waals surface area contributed by atoms with Gasteiger partial charge in [0, 0.05) is 25.8 Å². The average Bonchev–Trinajstić information content (AvgIpc) is 3.21. The molecule has 4 heteroatoms. The summed E-state index contributed by atoms with van der Waals surface area (Å²) in [5.74, 6) is 0.590. The molecule has 1 atom stereocenters. The van der Waals surface area contributed by atoms with Gasteiger partial charge in [0.25, 0.3) is 0 Å². The van der Waals surface area contributed by atoms with E-state index < -0.39 is 6.10 Å². The molecule has 0 spiro atoms. The summed E-state index contributed by atoms with van der Waals surface area (Å²) in [5, 5.41) is 13.2. The lowest BCUT2D eigenvalue weighted by Crippen LogP contribution is -2.31. The highest BCUT2D eigenvalue weighted by molar-refractivity contribution is 5.78. The Kier molecular flexibility index (Phi) is 48.2. The summed E-state index contributed by atoms with van der Waals surface area (Å²) >= 11 is 0. The van der Waals surface area contributed by atoms with Crippen LogP contribution in [-0.2, 0) is 9.59 Å². The van der Waals surface area contributed by atoms with E-state index >= 15 is 0 Å². The first-order valence-corrected chi connectivity index (χ1v) is 26.2. The van der Waals surface area contributed by atoms with Gasteiger partial charge < -0.3 is 10.4 Å². The highest BCUT2D eigenvalue weighted by atomic mass is 16.3. The second-order valence-electron chi connectivity index (χ2n) is 18.2. The Bertz CT molecular complexity index is 825. The van der Waals surface area contributed by atoms with E-state index in [2.05, 4.69) is 31.3 Å². The van der Waals surface area contributed by atoms with Crippen molar-refractivity contribution in [2.75, 3.05) is 6.54 Å². The van der Waals surface area contributed by atoms with E-state index in [0.717, 1.165) is 51.4 Å². The van der Waals surface area contributed by atoms with Crippen LogP contribution in [0.5, 0.6) is 0 Å². The Labute approximate surface area is 358 Å². The fourth-order valence-corrected chi connectivity index (χ4v) is 8.24. The molecule has 1 unspecified atom stereocenters. The highest BCUT2D eigenvalue weighted by Crippen LogP contribution is 2.17. The number of nitrogens with one attached hydrogen (secondary N) is 1. The molecular formula is C53H103NO3. The summed E-state index contributed by atoms with van der Waals surface area (Å²) in [4.78, 5) is 24.4. The van der Waals surface area contributed by atoms with Gasteiger partial charge in [0.05, 0.1) is 6.10 Å². The summed E-state index contributed by atoms with van der Waals surface area (Å²) in [6.07, 6.45) is 60.9. The maximum absolute atomic E-state index is 12.2. The minimum Gasteiger partial charge on any atom is -0.391 e. The first kappa shape index (κ1) is 55.8. The van der Waals surface area contributed by atoms with Gasteiger partial charge in [-0.3, -0.25) is 9.59 Å². The van der Waals surface area contributed by atoms with Gasteiger partial charge >= 0.3 is 0 Å². The molecule has 0 saturated carbocycles. The third kappa shape index (κ3) is 49.1. The molecular weight excluding hydrogens is 699 g/mol. The maximum Gasteiger partial charge on any atom is 0.220 e. The molecule has 0 bridgehead atoms. The molecule has 0 rings (SSSR count). The lowest BCUT2D eigenvalue weighted by atomic mass is 10.0. The molecule has 0 heterocycles. The maximum atomic E-state index is 12.2. The number of aliphatic hydroxyl groups is 1. The van der Waals surface area contributed by atoms with E-state index in [0.29, 0.717) is 18.7 Å². The van der Waals surface area contributed by atoms with Crippen LogP contribution in [0.25, 0.3) is 0 Å². The Morgan fingerprint density at radius 1 is 0.386 bits per heavy atom. The number of carbonyl (C=O) groups excluding carboxylic acids is 2. The van der Waals surface area contributed by atoms with E-state index in [1.807, 2.05) is 0 Å². The molecule has 0 saturated heterocycles. The fourth-order valence-electron chi connectivity index (χ4n) is 8.24. The van der Waals surface area contributed by atoms with Gasteiger partial charge in [-0.25, -0.2) is 0 Å². The molecule has 0 aromatic rings. The van der Waals surface area contributed by atoms with Crippen molar-refractivity contribution >= 4 is 11.7 Å². The average molecular weight is 802 g/mol. The molecule has 338 valence electrons. The van der Waals surface area contributed by atoms with Crippen molar-refractivity contribution in [3.8, 4) is 0 Å². The SMILES string of the molecule is CCCCCCCC/C=C\CCCCCCCC(=O)CCCCCCCCCCCCCCC(=O)NCC(O)CCCCCCCCCCCCCCCCCC. The molecule has 4 nitrogen and oxygen atoms in total. The summed E-state index contributed by atoms with van der Waals surface area (Å²) < 4.78 is 0. The van der Waals surface area contributed by atoms with Crippen LogP contribution in [0.15, 0.2) is 12.2 Å². The summed E-state index contributed by atoms with van der Waals surface area (Å²) in [6, 6.07) is 0. The highest BCUT2D eigenvalue weighted by Gasteiger charge is 2.07. The van der Waals surface area contributed by atoms with Crippen LogP contribution >= 0.6 is 0 Å². The topological polar surface area (TPSA) is 66.4 Å². The number of ketones is 1. The third-order valence-electron chi connectivity index (χ3n) is 12.3. The molecule has 0 radical (unpaired) electrons. The smallest absolute Gasteiger partial charge is 0.220 e. The minimum atomic E-state index is -0.401. The molecule has 1 amide bonds. The fraction of sp³-hybridized carbons (Fsp3) is 0.925. The van der Waals surface area contributed by atoms with Gasteiger partial charge in [0.1, 0.15) is 5.78 Å². The Morgan fingerprint density at radius 3 is 1.02 bits per heavy atom. The van der Waals surface area contributed by atoms with Crippen LogP contribution in [0, 0.1) is 0 Å². The quantitative estimate of drug-likeness (QED) is 0.0476. The normalized spacial score (nSPS) is 12.2. The predicted molar refractivity (Wildman–Crippen MR) is 252 cm³/mol. The first-order valence-electron chi connectivity index (χ1n) is 26.2. The van der Waals surface area contributed by atoms with Crippen molar-refractivity contribution in [2.45, 2.75) is 309 Å². The van der Waals surface area contributed by atoms with Crippen LogP contribution in [0.2, 0.25) is 0 Å². The lowest BCUT2D eigenvalue weighted by molar-refractivity contribution is -0.121. The molecule has 0 aliphatic rings. The number of allylic oxidation sites excluding steroid dienone is 2. The van der Waals surface area contributed by atoms with Gasteiger partial charge in [-0.15, -0.1) is 0 Å². The van der Waals surface area contributed by atoms with Crippen LogP contribution in [0.1, 0.15) is 303 Å². The summed E-state index contributed by atoms with van der Waals surface area (Å²) in [6.45, 7) is 4.98. The third-order valence-corrected chi connectivity index (χ3v) is 12.3. The van der Waals surface area contributed by atoms with Gasteiger partial charge in [0.2, 0.25) is 5.91 Å². The zero-order valence-electron chi connectivity index (χ0n) is 39.0. The second kappa shape index (κ2) is 49.2. The Morgan fingerprint density at radius 2 is 0.667 bits per heavy atom. The van der Waals surface area contributed by atoms with Crippen molar-refractivity contribution in [1.82, 2.24) is 5.32 Å². The van der Waals surface area contributed by atoms with Crippen molar-refractivity contribution < 1.29 is 14.7 Å². The molecule has 0 fully saturated rings. The molecule has 0 aromatic heterocycles. The van der Waals surface area contributed by atoms with Crippen molar-refractivity contribution in [1.29, 1.82) is 0 Å². The summed E-state index contributed by atoms with van der Waals surface area (Å²) in [5.41, 5.74) is 0. The molecule has 0 aliphatic heterocycles. The summed E-state index contributed by atoms with van der Waals surface area (Å²) in [7, 11) is 0. The van der Waals surface area contributed by atoms with Crippen molar-refractivity contribution in [3.63, 3.8) is 0 Å². The van der Waals surface area contributed by atoms with Gasteiger partial charge in [-0.2, -0.15) is 0 Å². The van der Waals surface area contributed by atoms with Crippen LogP contribution in [0.3, 0.4) is 0 Å². The van der Waals surface area contributed by atoms with E-state index in [4.69, 9.17) is 0 Å². The second-order valence-corrected chi connectivity index (χ2v) is 18.2. The van der Waals surface area contributed by atoms with E-state index in [9.17, 15) is 14.7 Å². The first-order chi connectivity index (χ1) is 28.1. The zero-order chi connectivity index (χ0) is 41.4. The molecule has 0 aliphatic carbocycles. The van der Waals surface area contributed by atoms with E-state index in [1.54, 1.807) is 0 Å². The van der Waals surface area contributed by atoms with Crippen LogP contribution in [0.4, 0.5) is 0 Å². The van der Waals surface area contributed by atoms with Crippen molar-refractivity contribution in [2.24, 2.45) is 0 Å². The van der Waals surface area contributed by atoms with Crippen LogP contribution in [-0.4, -0.2) is 29.4 Å². The number of hydrogen-bond donors (Lipinski definition) is 2. The van der Waals surface area contributed by atoms with Gasteiger partial charge in [-0.1, -0.05) is 244 Å². The lowest BCUT2D eigenvalue weighted by Gasteiger charge is -2.12. The standard InChI is InChI=1S/C53H103NO3/c1-3-5-7-9-11-13-15-17-19-21-23-28-32-36-40-44-48-52(56)50-54-53(57)49-45-41-37-33-29-25-24-27-31-35-39-43-47-51(55)46-42-38-34-30-26-22-20-18-16-14-12-10-8-6-4-2/h18,20,52,56H,3-17,19,21-50H2,1-2H3,(H,54,57)/b20-18-. The van der Waals surface area contributed by atoms with E-state index in [-0.39, 0.29) is 5.91 Å². The monoisotopic (exact) mass is 802 g/mol. The Hall–Kier alpha value is -1.16. The number of rotatable bonds is 49. The van der Waals surface area contributed by atoms with Crippen LogP contribution < -0.4 is 5.32 Å². The molecule has 57 heavy (non-hydrogen) atoms. The van der Waals surface area contributed by atoms with Gasteiger partial charge in [0.15, 0.2) is 0 Å². The van der Waals surface area contributed by atoms with Gasteiger partial charge in [-0.05, 0) is 51.4 Å². The molecule has 0 aromatic carbocycles. The molecule has 2 N–H and O–H groups in total. The predicted octanol–water partition coefficient (Wildman–Crippen LogP) is 17.2. The number of Topliss-reactive ketones (excluding diaryl/α,β-unsaturated/α-hetero) is 1. The zero-order valence-corrected chi connectivity index (χ0v) is 39.0. The number of unbranched alkanes of at least 4 members (excludes halogenated alkanes) is 37. The largest absolute Gasteiger partial charge is 0.391 e. The number of amides is 1. The number of hydrogen-bond acceptors (Lipinski definition) is 3. The van der Waals surface area contributed by atoms with Crippen molar-refractivity contribution in [3.05, 3.63) is 12.2 Å². The minimum absolute atomic E-state index is 0.101. The van der Waals surface area contributed by atoms with E-state index in [1.165, 1.54) is 231 Å². The Balaban J connectivity index is 3.31. The number of carbonyl (C=O) groups is 2. The number of aliphatic hydroxyl groups excluding tert-OH is 1.